The first-order valence-corrected chi connectivity index (χ1v) is 10.6. The van der Waals surface area contributed by atoms with Crippen LogP contribution in [-0.4, -0.2) is 40.4 Å². The average Bonchev–Trinajstić information content (AvgIpc) is 3.16. The van der Waals surface area contributed by atoms with E-state index in [1.165, 1.54) is 37.4 Å². The quantitative estimate of drug-likeness (QED) is 0.762. The molecule has 0 saturated carbocycles. The Balaban J connectivity index is 1.90. The Bertz CT molecular complexity index is 990. The number of carbonyl (C=O) groups excluding carboxylic acids is 1. The van der Waals surface area contributed by atoms with E-state index in [1.807, 2.05) is 0 Å². The number of anilines is 1. The molecule has 0 aromatic heterocycles. The number of rotatable bonds is 6. The Kier molecular flexibility index (Phi) is 6.22. The number of carbonyl (C=O) groups is 1. The number of benzene rings is 2. The molecule has 0 radical (unpaired) electrons. The van der Waals surface area contributed by atoms with Gasteiger partial charge in [0.1, 0.15) is 11.6 Å². The maximum absolute atomic E-state index is 13.4. The van der Waals surface area contributed by atoms with Gasteiger partial charge in [-0.2, -0.15) is 0 Å². The first-order valence-electron chi connectivity index (χ1n) is 8.55. The second kappa shape index (κ2) is 8.46. The second-order valence-corrected chi connectivity index (χ2v) is 8.89. The fourth-order valence-corrected chi connectivity index (χ4v) is 4.78. The van der Waals surface area contributed by atoms with Crippen molar-refractivity contribution in [2.24, 2.45) is 5.92 Å². The summed E-state index contributed by atoms with van der Waals surface area (Å²) in [5, 5.41) is 2.64. The third-order valence-electron chi connectivity index (χ3n) is 4.43. The van der Waals surface area contributed by atoms with Crippen LogP contribution in [0.4, 0.5) is 10.1 Å². The molecule has 1 atom stereocenters. The van der Waals surface area contributed by atoms with Gasteiger partial charge in [-0.3, -0.25) is 4.79 Å². The molecule has 1 N–H and O–H groups in total. The van der Waals surface area contributed by atoms with E-state index in [0.717, 1.165) is 6.07 Å². The van der Waals surface area contributed by atoms with Crippen molar-refractivity contribution >= 4 is 33.0 Å². The summed E-state index contributed by atoms with van der Waals surface area (Å²) in [6, 6.07) is 7.63. The standard InChI is InChI=1S/C19H19ClFNO5S/c1-26-18-5-3-14(28(24,25)11-12-6-7-27-10-12)9-15(18)19(23)22-17-8-13(21)2-4-16(17)20/h2-5,8-9,12H,6-7,10-11H2,1H3,(H,22,23)/t12-/m0/s1. The molecule has 2 aromatic carbocycles. The lowest BCUT2D eigenvalue weighted by Crippen LogP contribution is -2.18. The molecule has 1 amide bonds. The van der Waals surface area contributed by atoms with Gasteiger partial charge in [0.15, 0.2) is 9.84 Å². The molecule has 1 fully saturated rings. The van der Waals surface area contributed by atoms with Gasteiger partial charge in [-0.1, -0.05) is 11.6 Å². The molecule has 0 bridgehead atoms. The Hall–Kier alpha value is -2.16. The van der Waals surface area contributed by atoms with E-state index in [2.05, 4.69) is 5.32 Å². The van der Waals surface area contributed by atoms with Gasteiger partial charge in [0.05, 0.1) is 40.6 Å². The zero-order chi connectivity index (χ0) is 20.3. The highest BCUT2D eigenvalue weighted by atomic mass is 35.5. The second-order valence-electron chi connectivity index (χ2n) is 6.45. The summed E-state index contributed by atoms with van der Waals surface area (Å²) >= 11 is 5.98. The number of amides is 1. The summed E-state index contributed by atoms with van der Waals surface area (Å²) < 4.78 is 49.3. The molecule has 0 unspecified atom stereocenters. The topological polar surface area (TPSA) is 81.7 Å². The molecule has 2 aromatic rings. The van der Waals surface area contributed by atoms with Crippen molar-refractivity contribution in [3.63, 3.8) is 0 Å². The molecule has 1 heterocycles. The van der Waals surface area contributed by atoms with Crippen LogP contribution in [0.3, 0.4) is 0 Å². The van der Waals surface area contributed by atoms with Crippen LogP contribution in [0, 0.1) is 11.7 Å². The molecule has 28 heavy (non-hydrogen) atoms. The summed E-state index contributed by atoms with van der Waals surface area (Å²) in [5.41, 5.74) is 0.0802. The van der Waals surface area contributed by atoms with Crippen LogP contribution in [0.15, 0.2) is 41.3 Å². The normalized spacial score (nSPS) is 16.8. The third-order valence-corrected chi connectivity index (χ3v) is 6.64. The minimum absolute atomic E-state index is 0.00609. The lowest BCUT2D eigenvalue weighted by Gasteiger charge is -2.13. The van der Waals surface area contributed by atoms with Gasteiger partial charge in [-0.15, -0.1) is 0 Å². The smallest absolute Gasteiger partial charge is 0.259 e. The van der Waals surface area contributed by atoms with Crippen molar-refractivity contribution < 1.29 is 27.1 Å². The van der Waals surface area contributed by atoms with Crippen LogP contribution in [0.5, 0.6) is 5.75 Å². The van der Waals surface area contributed by atoms with Gasteiger partial charge in [0.2, 0.25) is 0 Å². The van der Waals surface area contributed by atoms with Crippen LogP contribution >= 0.6 is 11.6 Å². The highest BCUT2D eigenvalue weighted by molar-refractivity contribution is 7.91. The van der Waals surface area contributed by atoms with Crippen molar-refractivity contribution in [2.45, 2.75) is 11.3 Å². The van der Waals surface area contributed by atoms with Gasteiger partial charge < -0.3 is 14.8 Å². The molecule has 150 valence electrons. The first-order chi connectivity index (χ1) is 13.3. The number of halogens is 2. The Morgan fingerprint density at radius 3 is 2.79 bits per heavy atom. The summed E-state index contributed by atoms with van der Waals surface area (Å²) in [7, 11) is -2.25. The van der Waals surface area contributed by atoms with E-state index in [-0.39, 0.29) is 38.6 Å². The molecular weight excluding hydrogens is 409 g/mol. The minimum Gasteiger partial charge on any atom is -0.496 e. The van der Waals surface area contributed by atoms with E-state index in [4.69, 9.17) is 21.1 Å². The van der Waals surface area contributed by atoms with Crippen molar-refractivity contribution in [3.05, 3.63) is 52.8 Å². The van der Waals surface area contributed by atoms with E-state index >= 15 is 0 Å². The van der Waals surface area contributed by atoms with Crippen molar-refractivity contribution in [1.82, 2.24) is 0 Å². The lowest BCUT2D eigenvalue weighted by molar-refractivity contribution is 0.102. The number of hydrogen-bond donors (Lipinski definition) is 1. The van der Waals surface area contributed by atoms with Gasteiger partial charge in [0, 0.05) is 6.61 Å². The third kappa shape index (κ3) is 4.63. The Morgan fingerprint density at radius 1 is 1.32 bits per heavy atom. The van der Waals surface area contributed by atoms with Crippen molar-refractivity contribution in [2.75, 3.05) is 31.4 Å². The fourth-order valence-electron chi connectivity index (χ4n) is 2.96. The molecular formula is C19H19ClFNO5S. The molecule has 6 nitrogen and oxygen atoms in total. The van der Waals surface area contributed by atoms with E-state index in [0.29, 0.717) is 19.6 Å². The molecule has 3 rings (SSSR count). The van der Waals surface area contributed by atoms with E-state index < -0.39 is 21.6 Å². The molecule has 1 aliphatic heterocycles. The van der Waals surface area contributed by atoms with Crippen LogP contribution in [0.25, 0.3) is 0 Å². The largest absolute Gasteiger partial charge is 0.496 e. The molecule has 1 saturated heterocycles. The van der Waals surface area contributed by atoms with Crippen molar-refractivity contribution in [1.29, 1.82) is 0 Å². The Morgan fingerprint density at radius 2 is 2.11 bits per heavy atom. The SMILES string of the molecule is COc1ccc(S(=O)(=O)C[C@H]2CCOC2)cc1C(=O)Nc1cc(F)ccc1Cl. The lowest BCUT2D eigenvalue weighted by atomic mass is 10.1. The predicted octanol–water partition coefficient (Wildman–Crippen LogP) is 3.55. The highest BCUT2D eigenvalue weighted by Gasteiger charge is 2.26. The average molecular weight is 428 g/mol. The van der Waals surface area contributed by atoms with Crippen LogP contribution in [0.2, 0.25) is 5.02 Å². The molecule has 1 aliphatic rings. The van der Waals surface area contributed by atoms with Crippen molar-refractivity contribution in [3.8, 4) is 5.75 Å². The Labute approximate surface area is 167 Å². The van der Waals surface area contributed by atoms with Crippen LogP contribution < -0.4 is 10.1 Å². The summed E-state index contributed by atoms with van der Waals surface area (Å²) in [4.78, 5) is 12.7. The number of nitrogens with one attached hydrogen (secondary N) is 1. The molecule has 0 aliphatic carbocycles. The van der Waals surface area contributed by atoms with E-state index in [9.17, 15) is 17.6 Å². The highest BCUT2D eigenvalue weighted by Crippen LogP contribution is 2.28. The first kappa shape index (κ1) is 20.6. The van der Waals surface area contributed by atoms with Gasteiger partial charge >= 0.3 is 0 Å². The number of methoxy groups -OCH3 is 1. The number of hydrogen-bond acceptors (Lipinski definition) is 5. The monoisotopic (exact) mass is 427 g/mol. The van der Waals surface area contributed by atoms with Crippen LogP contribution in [-0.2, 0) is 14.6 Å². The zero-order valence-corrected chi connectivity index (χ0v) is 16.6. The minimum atomic E-state index is -3.61. The summed E-state index contributed by atoms with van der Waals surface area (Å²) in [5.74, 6) is -1.17. The van der Waals surface area contributed by atoms with Gasteiger partial charge in [0.25, 0.3) is 5.91 Å². The fraction of sp³-hybridized carbons (Fsp3) is 0.316. The molecule has 9 heteroatoms. The van der Waals surface area contributed by atoms with E-state index in [1.54, 1.807) is 0 Å². The number of sulfone groups is 1. The molecule has 0 spiro atoms. The summed E-state index contributed by atoms with van der Waals surface area (Å²) in [6.45, 7) is 0.950. The maximum atomic E-state index is 13.4. The zero-order valence-electron chi connectivity index (χ0n) is 15.1. The summed E-state index contributed by atoms with van der Waals surface area (Å²) in [6.07, 6.45) is 0.681. The van der Waals surface area contributed by atoms with Gasteiger partial charge in [-0.05, 0) is 48.7 Å². The number of ether oxygens (including phenoxy) is 2. The van der Waals surface area contributed by atoms with Gasteiger partial charge in [-0.25, -0.2) is 12.8 Å². The predicted molar refractivity (Wildman–Crippen MR) is 103 cm³/mol. The maximum Gasteiger partial charge on any atom is 0.259 e. The van der Waals surface area contributed by atoms with Crippen LogP contribution in [0.1, 0.15) is 16.8 Å².